The van der Waals surface area contributed by atoms with Gasteiger partial charge in [0.25, 0.3) is 0 Å². The van der Waals surface area contributed by atoms with E-state index in [1.165, 1.54) is 0 Å². The molecule has 0 bridgehead atoms. The summed E-state index contributed by atoms with van der Waals surface area (Å²) in [4.78, 5) is 0. The van der Waals surface area contributed by atoms with Gasteiger partial charge in [-0.1, -0.05) is 0 Å². The van der Waals surface area contributed by atoms with Gasteiger partial charge in [-0.3, -0.25) is 0 Å². The number of hydrogen-bond donors (Lipinski definition) is 2. The lowest BCUT2D eigenvalue weighted by molar-refractivity contribution is -0.263. The van der Waals surface area contributed by atoms with Gasteiger partial charge in [0.1, 0.15) is 0 Å². The molecule has 0 aromatic rings. The van der Waals surface area contributed by atoms with Gasteiger partial charge in [-0.15, -0.1) is 0 Å². The van der Waals surface area contributed by atoms with Crippen LogP contribution in [0.25, 0.3) is 0 Å². The standard InChI is InChI=1S/C9H16O4/c10-5-8-2-4-9(13-8)3-1-7(11)6-12-9/h7-8,10-11H,1-6H2/t7-,8-,9?/m0/s1. The van der Waals surface area contributed by atoms with Crippen molar-refractivity contribution in [3.8, 4) is 0 Å². The summed E-state index contributed by atoms with van der Waals surface area (Å²) in [5.74, 6) is -0.493. The number of hydrogen-bond acceptors (Lipinski definition) is 4. The van der Waals surface area contributed by atoms with Crippen molar-refractivity contribution in [1.82, 2.24) is 0 Å². The Morgan fingerprint density at radius 3 is 2.62 bits per heavy atom. The average molecular weight is 188 g/mol. The van der Waals surface area contributed by atoms with Crippen molar-refractivity contribution < 1.29 is 19.7 Å². The predicted molar refractivity (Wildman–Crippen MR) is 45.1 cm³/mol. The van der Waals surface area contributed by atoms with Gasteiger partial charge >= 0.3 is 0 Å². The van der Waals surface area contributed by atoms with Crippen LogP contribution in [0.5, 0.6) is 0 Å². The molecule has 1 spiro atoms. The third-order valence-corrected chi connectivity index (χ3v) is 2.83. The molecule has 0 aromatic heterocycles. The smallest absolute Gasteiger partial charge is 0.169 e. The van der Waals surface area contributed by atoms with Gasteiger partial charge in [0.05, 0.1) is 25.4 Å². The molecule has 13 heavy (non-hydrogen) atoms. The van der Waals surface area contributed by atoms with Crippen molar-refractivity contribution in [3.05, 3.63) is 0 Å². The van der Waals surface area contributed by atoms with Gasteiger partial charge in [-0.2, -0.15) is 0 Å². The summed E-state index contributed by atoms with van der Waals surface area (Å²) in [5.41, 5.74) is 0. The van der Waals surface area contributed by atoms with Gasteiger partial charge in [0.2, 0.25) is 0 Å². The van der Waals surface area contributed by atoms with E-state index in [9.17, 15) is 5.11 Å². The summed E-state index contributed by atoms with van der Waals surface area (Å²) in [6, 6.07) is 0. The lowest BCUT2D eigenvalue weighted by Gasteiger charge is -2.35. The van der Waals surface area contributed by atoms with E-state index in [1.807, 2.05) is 0 Å². The minimum Gasteiger partial charge on any atom is -0.394 e. The van der Waals surface area contributed by atoms with E-state index in [4.69, 9.17) is 14.6 Å². The van der Waals surface area contributed by atoms with Crippen LogP contribution in [0, 0.1) is 0 Å². The van der Waals surface area contributed by atoms with E-state index >= 15 is 0 Å². The summed E-state index contributed by atoms with van der Waals surface area (Å²) in [5, 5.41) is 18.1. The van der Waals surface area contributed by atoms with Gasteiger partial charge in [-0.25, -0.2) is 0 Å². The largest absolute Gasteiger partial charge is 0.394 e. The van der Waals surface area contributed by atoms with Crippen LogP contribution in [-0.2, 0) is 9.47 Å². The van der Waals surface area contributed by atoms with Crippen molar-refractivity contribution >= 4 is 0 Å². The van der Waals surface area contributed by atoms with Gasteiger partial charge < -0.3 is 19.7 Å². The van der Waals surface area contributed by atoms with Crippen LogP contribution in [-0.4, -0.2) is 41.4 Å². The van der Waals surface area contributed by atoms with Crippen molar-refractivity contribution in [2.24, 2.45) is 0 Å². The van der Waals surface area contributed by atoms with E-state index in [0.29, 0.717) is 6.61 Å². The summed E-state index contributed by atoms with van der Waals surface area (Å²) in [6.45, 7) is 0.422. The molecule has 0 saturated carbocycles. The first-order valence-corrected chi connectivity index (χ1v) is 4.85. The highest BCUT2D eigenvalue weighted by atomic mass is 16.7. The molecule has 3 atom stereocenters. The molecular formula is C9H16O4. The SMILES string of the molecule is OC[C@@H]1CCC2(CC[C@H](O)CO2)O1. The van der Waals surface area contributed by atoms with E-state index in [0.717, 1.165) is 25.7 Å². The Labute approximate surface area is 77.5 Å². The lowest BCUT2D eigenvalue weighted by Crippen LogP contribution is -2.41. The molecule has 2 aliphatic rings. The van der Waals surface area contributed by atoms with Crippen molar-refractivity contribution in [2.45, 2.75) is 43.7 Å². The summed E-state index contributed by atoms with van der Waals surface area (Å²) in [6.07, 6.45) is 2.75. The third kappa shape index (κ3) is 1.86. The van der Waals surface area contributed by atoms with E-state index < -0.39 is 5.79 Å². The Balaban J connectivity index is 1.92. The zero-order valence-electron chi connectivity index (χ0n) is 7.61. The number of aliphatic hydroxyl groups excluding tert-OH is 2. The molecule has 2 heterocycles. The van der Waals surface area contributed by atoms with E-state index in [2.05, 4.69) is 0 Å². The molecule has 2 fully saturated rings. The second kappa shape index (κ2) is 3.53. The fourth-order valence-electron chi connectivity index (χ4n) is 2.01. The molecule has 2 saturated heterocycles. The lowest BCUT2D eigenvalue weighted by atomic mass is 10.0. The maximum Gasteiger partial charge on any atom is 0.169 e. The average Bonchev–Trinajstić information content (AvgIpc) is 2.55. The first-order chi connectivity index (χ1) is 6.24. The maximum atomic E-state index is 9.25. The molecule has 1 unspecified atom stereocenters. The maximum absolute atomic E-state index is 9.25. The molecule has 2 N–H and O–H groups in total. The van der Waals surface area contributed by atoms with E-state index in [1.54, 1.807) is 0 Å². The third-order valence-electron chi connectivity index (χ3n) is 2.83. The Bertz CT molecular complexity index is 174. The van der Waals surface area contributed by atoms with Crippen molar-refractivity contribution in [3.63, 3.8) is 0 Å². The summed E-state index contributed by atoms with van der Waals surface area (Å²) in [7, 11) is 0. The first kappa shape index (κ1) is 9.40. The Kier molecular flexibility index (Phi) is 2.55. The summed E-state index contributed by atoms with van der Waals surface area (Å²) < 4.78 is 11.1. The van der Waals surface area contributed by atoms with Crippen LogP contribution in [0.15, 0.2) is 0 Å². The molecule has 0 aromatic carbocycles. The Hall–Kier alpha value is -0.160. The van der Waals surface area contributed by atoms with Crippen LogP contribution in [0.3, 0.4) is 0 Å². The fourth-order valence-corrected chi connectivity index (χ4v) is 2.01. The molecule has 2 aliphatic heterocycles. The van der Waals surface area contributed by atoms with Crippen LogP contribution in [0.1, 0.15) is 25.7 Å². The second-order valence-corrected chi connectivity index (χ2v) is 3.88. The van der Waals surface area contributed by atoms with E-state index in [-0.39, 0.29) is 18.8 Å². The van der Waals surface area contributed by atoms with Crippen molar-refractivity contribution in [1.29, 1.82) is 0 Å². The number of ether oxygens (including phenoxy) is 2. The molecule has 4 heteroatoms. The predicted octanol–water partition coefficient (Wildman–Crippen LogP) is 0.0253. The van der Waals surface area contributed by atoms with Crippen LogP contribution < -0.4 is 0 Å². The normalized spacial score (nSPS) is 45.7. The summed E-state index contributed by atoms with van der Waals surface area (Å²) >= 11 is 0. The Morgan fingerprint density at radius 1 is 1.31 bits per heavy atom. The fraction of sp³-hybridized carbons (Fsp3) is 1.00. The topological polar surface area (TPSA) is 58.9 Å². The highest BCUT2D eigenvalue weighted by molar-refractivity contribution is 4.85. The minimum absolute atomic E-state index is 0.0632. The quantitative estimate of drug-likeness (QED) is 0.609. The van der Waals surface area contributed by atoms with Crippen molar-refractivity contribution in [2.75, 3.05) is 13.2 Å². The first-order valence-electron chi connectivity index (χ1n) is 4.85. The van der Waals surface area contributed by atoms with Gasteiger partial charge in [0, 0.05) is 12.8 Å². The molecule has 2 rings (SSSR count). The van der Waals surface area contributed by atoms with Gasteiger partial charge in [0.15, 0.2) is 5.79 Å². The molecule has 0 radical (unpaired) electrons. The zero-order chi connectivity index (χ0) is 9.31. The number of rotatable bonds is 1. The molecular weight excluding hydrogens is 172 g/mol. The highest BCUT2D eigenvalue weighted by Gasteiger charge is 2.43. The molecule has 76 valence electrons. The van der Waals surface area contributed by atoms with Crippen LogP contribution in [0.4, 0.5) is 0 Å². The molecule has 0 aliphatic carbocycles. The van der Waals surface area contributed by atoms with Gasteiger partial charge in [-0.05, 0) is 12.8 Å². The minimum atomic E-state index is -0.493. The molecule has 4 nitrogen and oxygen atoms in total. The highest BCUT2D eigenvalue weighted by Crippen LogP contribution is 2.38. The van der Waals surface area contributed by atoms with Crippen LogP contribution in [0.2, 0.25) is 0 Å². The zero-order valence-corrected chi connectivity index (χ0v) is 7.61. The Morgan fingerprint density at radius 2 is 2.08 bits per heavy atom. The van der Waals surface area contributed by atoms with Crippen LogP contribution >= 0.6 is 0 Å². The molecule has 0 amide bonds. The monoisotopic (exact) mass is 188 g/mol. The number of aliphatic hydroxyl groups is 2. The second-order valence-electron chi connectivity index (χ2n) is 3.88.